The Morgan fingerprint density at radius 2 is 1.81 bits per heavy atom. The van der Waals surface area contributed by atoms with Gasteiger partial charge in [0.15, 0.2) is 5.58 Å². The fourth-order valence-corrected chi connectivity index (χ4v) is 3.24. The van der Waals surface area contributed by atoms with Crippen LogP contribution in [0.2, 0.25) is 0 Å². The molecule has 0 atom stereocenters. The van der Waals surface area contributed by atoms with Crippen molar-refractivity contribution in [1.82, 2.24) is 10.1 Å². The van der Waals surface area contributed by atoms with Gasteiger partial charge in [0.2, 0.25) is 5.91 Å². The maximum Gasteiger partial charge on any atom is 0.230 e. The van der Waals surface area contributed by atoms with E-state index in [2.05, 4.69) is 39.5 Å². The van der Waals surface area contributed by atoms with E-state index in [-0.39, 0.29) is 12.3 Å². The predicted molar refractivity (Wildman–Crippen MR) is 102 cm³/mol. The number of para-hydroxylation sites is 1. The number of nitrogens with zero attached hydrogens (tertiary/aromatic N) is 3. The van der Waals surface area contributed by atoms with E-state index in [0.717, 1.165) is 37.3 Å². The van der Waals surface area contributed by atoms with Crippen molar-refractivity contribution < 1.29 is 9.32 Å². The van der Waals surface area contributed by atoms with Gasteiger partial charge in [-0.3, -0.25) is 4.79 Å². The van der Waals surface area contributed by atoms with Gasteiger partial charge in [-0.05, 0) is 43.4 Å². The number of carbonyl (C=O) groups is 1. The van der Waals surface area contributed by atoms with Crippen molar-refractivity contribution in [2.45, 2.75) is 6.42 Å². The van der Waals surface area contributed by atoms with Crippen LogP contribution in [0.25, 0.3) is 11.0 Å². The minimum Gasteiger partial charge on any atom is -0.369 e. The fraction of sp³-hybridized carbons (Fsp3) is 0.300. The monoisotopic (exact) mass is 350 g/mol. The lowest BCUT2D eigenvalue weighted by Crippen LogP contribution is -2.44. The Labute approximate surface area is 152 Å². The van der Waals surface area contributed by atoms with Crippen LogP contribution in [0, 0.1) is 0 Å². The van der Waals surface area contributed by atoms with E-state index in [1.54, 1.807) is 0 Å². The number of nitrogens with one attached hydrogen (secondary N) is 1. The molecular formula is C20H22N4O2. The molecule has 1 aliphatic heterocycles. The van der Waals surface area contributed by atoms with Crippen LogP contribution in [-0.2, 0) is 11.2 Å². The molecule has 0 aliphatic carbocycles. The summed E-state index contributed by atoms with van der Waals surface area (Å²) < 4.78 is 5.25. The first-order chi connectivity index (χ1) is 12.7. The van der Waals surface area contributed by atoms with E-state index < -0.39 is 0 Å². The topological polar surface area (TPSA) is 61.6 Å². The Morgan fingerprint density at radius 1 is 1.08 bits per heavy atom. The zero-order chi connectivity index (χ0) is 17.9. The lowest BCUT2D eigenvalue weighted by molar-refractivity contribution is -0.115. The first-order valence-electron chi connectivity index (χ1n) is 8.86. The molecule has 1 amide bonds. The number of aromatic nitrogens is 1. The molecule has 0 saturated carbocycles. The maximum absolute atomic E-state index is 12.3. The normalized spacial score (nSPS) is 15.3. The first-order valence-corrected chi connectivity index (χ1v) is 8.86. The Morgan fingerprint density at radius 3 is 2.58 bits per heavy atom. The number of hydrogen-bond acceptors (Lipinski definition) is 5. The number of anilines is 2. The van der Waals surface area contributed by atoms with Gasteiger partial charge in [-0.2, -0.15) is 0 Å². The van der Waals surface area contributed by atoms with Gasteiger partial charge in [0, 0.05) is 42.9 Å². The van der Waals surface area contributed by atoms with Crippen molar-refractivity contribution in [2.24, 2.45) is 0 Å². The molecule has 0 bridgehead atoms. The van der Waals surface area contributed by atoms with E-state index in [1.165, 1.54) is 5.69 Å². The van der Waals surface area contributed by atoms with E-state index in [4.69, 9.17) is 4.52 Å². The highest BCUT2D eigenvalue weighted by Crippen LogP contribution is 2.21. The molecule has 1 saturated heterocycles. The Hall–Kier alpha value is -2.86. The second-order valence-corrected chi connectivity index (χ2v) is 6.69. The maximum atomic E-state index is 12.3. The molecule has 6 nitrogen and oxygen atoms in total. The second-order valence-electron chi connectivity index (χ2n) is 6.69. The minimum absolute atomic E-state index is 0.101. The van der Waals surface area contributed by atoms with Crippen molar-refractivity contribution in [1.29, 1.82) is 0 Å². The largest absolute Gasteiger partial charge is 0.369 e. The van der Waals surface area contributed by atoms with Crippen molar-refractivity contribution in [3.63, 3.8) is 0 Å². The van der Waals surface area contributed by atoms with Crippen LogP contribution < -0.4 is 10.2 Å². The molecule has 4 rings (SSSR count). The van der Waals surface area contributed by atoms with Gasteiger partial charge in [-0.25, -0.2) is 0 Å². The van der Waals surface area contributed by atoms with Gasteiger partial charge in [-0.1, -0.05) is 17.3 Å². The number of rotatable bonds is 4. The van der Waals surface area contributed by atoms with Gasteiger partial charge in [0.05, 0.1) is 6.42 Å². The third-order valence-corrected chi connectivity index (χ3v) is 4.80. The third-order valence-electron chi connectivity index (χ3n) is 4.80. The van der Waals surface area contributed by atoms with E-state index in [1.807, 2.05) is 36.4 Å². The lowest BCUT2D eigenvalue weighted by atomic mass is 10.1. The van der Waals surface area contributed by atoms with Gasteiger partial charge in [-0.15, -0.1) is 0 Å². The number of carbonyl (C=O) groups excluding carboxylic acids is 1. The smallest absolute Gasteiger partial charge is 0.230 e. The highest BCUT2D eigenvalue weighted by molar-refractivity contribution is 5.94. The number of amides is 1. The first kappa shape index (κ1) is 16.6. The lowest BCUT2D eigenvalue weighted by Gasteiger charge is -2.34. The zero-order valence-electron chi connectivity index (χ0n) is 14.8. The second kappa shape index (κ2) is 7.17. The van der Waals surface area contributed by atoms with Crippen molar-refractivity contribution >= 4 is 28.3 Å². The summed E-state index contributed by atoms with van der Waals surface area (Å²) in [6.07, 6.45) is 0.192. The highest BCUT2D eigenvalue weighted by Gasteiger charge is 2.15. The molecule has 1 aromatic heterocycles. The molecule has 0 spiro atoms. The van der Waals surface area contributed by atoms with Crippen molar-refractivity contribution in [3.8, 4) is 0 Å². The molecule has 2 heterocycles. The molecule has 2 aromatic carbocycles. The van der Waals surface area contributed by atoms with Gasteiger partial charge < -0.3 is 19.6 Å². The molecule has 1 aliphatic rings. The molecular weight excluding hydrogens is 328 g/mol. The summed E-state index contributed by atoms with van der Waals surface area (Å²) in [6.45, 7) is 4.21. The van der Waals surface area contributed by atoms with E-state index >= 15 is 0 Å². The molecule has 26 heavy (non-hydrogen) atoms. The SMILES string of the molecule is CN1CCN(c2ccc(NC(=O)Cc3noc4ccccc34)cc2)CC1. The van der Waals surface area contributed by atoms with E-state index in [0.29, 0.717) is 11.3 Å². The Kier molecular flexibility index (Phi) is 4.58. The average molecular weight is 350 g/mol. The van der Waals surface area contributed by atoms with Crippen LogP contribution in [0.4, 0.5) is 11.4 Å². The van der Waals surface area contributed by atoms with Crippen LogP contribution in [0.3, 0.4) is 0 Å². The number of benzene rings is 2. The minimum atomic E-state index is -0.101. The van der Waals surface area contributed by atoms with Crippen LogP contribution in [0.1, 0.15) is 5.69 Å². The highest BCUT2D eigenvalue weighted by atomic mass is 16.5. The van der Waals surface area contributed by atoms with Gasteiger partial charge in [0.25, 0.3) is 0 Å². The number of likely N-dealkylation sites (N-methyl/N-ethyl adjacent to an activating group) is 1. The number of fused-ring (bicyclic) bond motifs is 1. The van der Waals surface area contributed by atoms with Crippen LogP contribution in [-0.4, -0.2) is 49.2 Å². The third kappa shape index (κ3) is 3.55. The van der Waals surface area contributed by atoms with Gasteiger partial charge in [0.1, 0.15) is 5.69 Å². The summed E-state index contributed by atoms with van der Waals surface area (Å²) in [6, 6.07) is 15.6. The zero-order valence-corrected chi connectivity index (χ0v) is 14.8. The van der Waals surface area contributed by atoms with E-state index in [9.17, 15) is 4.79 Å². The van der Waals surface area contributed by atoms with Crippen molar-refractivity contribution in [3.05, 3.63) is 54.2 Å². The van der Waals surface area contributed by atoms with Crippen LogP contribution >= 0.6 is 0 Å². The standard InChI is InChI=1S/C20H22N4O2/c1-23-10-12-24(13-11-23)16-8-6-15(7-9-16)21-20(25)14-18-17-4-2-3-5-19(17)26-22-18/h2-9H,10-14H2,1H3,(H,21,25). The fourth-order valence-electron chi connectivity index (χ4n) is 3.24. The quantitative estimate of drug-likeness (QED) is 0.784. The van der Waals surface area contributed by atoms with Crippen molar-refractivity contribution in [2.75, 3.05) is 43.4 Å². The summed E-state index contributed by atoms with van der Waals surface area (Å²) in [5.41, 5.74) is 3.35. The number of hydrogen-bond donors (Lipinski definition) is 1. The molecule has 6 heteroatoms. The average Bonchev–Trinajstić information content (AvgIpc) is 3.06. The predicted octanol–water partition coefficient (Wildman–Crippen LogP) is 2.76. The summed E-state index contributed by atoms with van der Waals surface area (Å²) in [5, 5.41) is 7.83. The molecule has 0 radical (unpaired) electrons. The molecule has 134 valence electrons. The Bertz CT molecular complexity index is 896. The van der Waals surface area contributed by atoms with Crippen LogP contribution in [0.5, 0.6) is 0 Å². The van der Waals surface area contributed by atoms with Crippen LogP contribution in [0.15, 0.2) is 53.1 Å². The molecule has 1 N–H and O–H groups in total. The molecule has 1 fully saturated rings. The molecule has 0 unspecified atom stereocenters. The summed E-state index contributed by atoms with van der Waals surface area (Å²) in [5.74, 6) is -0.101. The summed E-state index contributed by atoms with van der Waals surface area (Å²) in [4.78, 5) is 17.0. The summed E-state index contributed by atoms with van der Waals surface area (Å²) in [7, 11) is 2.15. The summed E-state index contributed by atoms with van der Waals surface area (Å²) >= 11 is 0. The number of piperazine rings is 1. The molecule has 3 aromatic rings. The van der Waals surface area contributed by atoms with Gasteiger partial charge >= 0.3 is 0 Å². The Balaban J connectivity index is 1.38.